The summed E-state index contributed by atoms with van der Waals surface area (Å²) in [6.07, 6.45) is -2.48. The Bertz CT molecular complexity index is 409. The Hall–Kier alpha value is -1.52. The van der Waals surface area contributed by atoms with Gasteiger partial charge in [0.05, 0.1) is 0 Å². The molecule has 0 amide bonds. The number of hydrogen-bond acceptors (Lipinski definition) is 3. The van der Waals surface area contributed by atoms with Crippen LogP contribution < -0.4 is 14.8 Å². The van der Waals surface area contributed by atoms with Gasteiger partial charge in [0.25, 0.3) is 0 Å². The van der Waals surface area contributed by atoms with E-state index in [1.165, 1.54) is 12.1 Å². The Morgan fingerprint density at radius 2 is 2.00 bits per heavy atom. The molecule has 0 aliphatic carbocycles. The molecule has 1 heterocycles. The Morgan fingerprint density at radius 3 is 2.71 bits per heavy atom. The van der Waals surface area contributed by atoms with Crippen molar-refractivity contribution in [2.24, 2.45) is 5.92 Å². The fourth-order valence-corrected chi connectivity index (χ4v) is 1.50. The lowest BCUT2D eigenvalue weighted by Gasteiger charge is -2.11. The normalized spacial score (nSPS) is 17.9. The molecule has 0 saturated carbocycles. The quantitative estimate of drug-likeness (QED) is 0.878. The molecule has 1 aliphatic rings. The van der Waals surface area contributed by atoms with Crippen LogP contribution in [0.2, 0.25) is 0 Å². The van der Waals surface area contributed by atoms with Gasteiger partial charge in [-0.2, -0.15) is 0 Å². The third-order valence-electron chi connectivity index (χ3n) is 2.75. The molecule has 1 aliphatic heterocycles. The topological polar surface area (TPSA) is 30.5 Å². The van der Waals surface area contributed by atoms with Crippen molar-refractivity contribution in [1.29, 1.82) is 0 Å². The highest BCUT2D eigenvalue weighted by molar-refractivity contribution is 5.55. The summed E-state index contributed by atoms with van der Waals surface area (Å²) >= 11 is 0. The van der Waals surface area contributed by atoms with Gasteiger partial charge in [0.2, 0.25) is 0 Å². The van der Waals surface area contributed by atoms with E-state index in [1.807, 2.05) is 0 Å². The van der Waals surface area contributed by atoms with Crippen LogP contribution in [0.4, 0.5) is 14.5 Å². The smallest absolute Gasteiger partial charge is 0.395 e. The summed E-state index contributed by atoms with van der Waals surface area (Å²) in [4.78, 5) is 0. The minimum Gasteiger partial charge on any atom is -0.395 e. The van der Waals surface area contributed by atoms with Crippen molar-refractivity contribution < 1.29 is 18.3 Å². The summed E-state index contributed by atoms with van der Waals surface area (Å²) in [5.74, 6) is 0.676. The first-order chi connectivity index (χ1) is 8.00. The van der Waals surface area contributed by atoms with Crippen LogP contribution in [0.25, 0.3) is 0 Å². The van der Waals surface area contributed by atoms with Gasteiger partial charge in [-0.05, 0) is 18.1 Å². The lowest BCUT2D eigenvalue weighted by atomic mass is 10.1. The SMILES string of the molecule is CCC(C)CNc1ccc2c(c1)OC(F)(F)O2. The van der Waals surface area contributed by atoms with Crippen LogP contribution in [0.15, 0.2) is 18.2 Å². The van der Waals surface area contributed by atoms with Gasteiger partial charge in [-0.15, -0.1) is 8.78 Å². The first kappa shape index (κ1) is 12.0. The zero-order valence-corrected chi connectivity index (χ0v) is 9.80. The number of halogens is 2. The van der Waals surface area contributed by atoms with Crippen LogP contribution in [0.5, 0.6) is 11.5 Å². The maximum atomic E-state index is 12.8. The molecular weight excluding hydrogens is 228 g/mol. The van der Waals surface area contributed by atoms with E-state index < -0.39 is 6.29 Å². The largest absolute Gasteiger partial charge is 0.586 e. The van der Waals surface area contributed by atoms with E-state index in [1.54, 1.807) is 6.07 Å². The maximum Gasteiger partial charge on any atom is 0.586 e. The number of rotatable bonds is 4. The summed E-state index contributed by atoms with van der Waals surface area (Å²) in [6, 6.07) is 4.71. The minimum atomic E-state index is -3.54. The molecule has 1 N–H and O–H groups in total. The molecule has 0 fully saturated rings. The van der Waals surface area contributed by atoms with E-state index in [9.17, 15) is 8.78 Å². The van der Waals surface area contributed by atoms with Crippen LogP contribution >= 0.6 is 0 Å². The first-order valence-electron chi connectivity index (χ1n) is 5.64. The number of alkyl halides is 2. The number of anilines is 1. The van der Waals surface area contributed by atoms with Gasteiger partial charge in [0.15, 0.2) is 11.5 Å². The van der Waals surface area contributed by atoms with Gasteiger partial charge in [-0.25, -0.2) is 0 Å². The summed E-state index contributed by atoms with van der Waals surface area (Å²) in [7, 11) is 0. The third kappa shape index (κ3) is 2.78. The van der Waals surface area contributed by atoms with Gasteiger partial charge in [-0.3, -0.25) is 0 Å². The molecule has 1 aromatic carbocycles. The molecule has 1 aromatic rings. The van der Waals surface area contributed by atoms with Crippen LogP contribution in [-0.4, -0.2) is 12.8 Å². The van der Waals surface area contributed by atoms with Gasteiger partial charge in [0.1, 0.15) is 0 Å². The van der Waals surface area contributed by atoms with Crippen molar-refractivity contribution in [3.63, 3.8) is 0 Å². The van der Waals surface area contributed by atoms with Crippen LogP contribution in [0.3, 0.4) is 0 Å². The monoisotopic (exact) mass is 243 g/mol. The molecule has 0 saturated heterocycles. The molecule has 2 rings (SSSR count). The molecule has 0 bridgehead atoms. The fraction of sp³-hybridized carbons (Fsp3) is 0.500. The van der Waals surface area contributed by atoms with Crippen molar-refractivity contribution in [3.8, 4) is 11.5 Å². The summed E-state index contributed by atoms with van der Waals surface area (Å²) in [5, 5.41) is 3.17. The van der Waals surface area contributed by atoms with Crippen LogP contribution in [0, 0.1) is 5.92 Å². The molecular formula is C12H15F2NO2. The highest BCUT2D eigenvalue weighted by Gasteiger charge is 2.43. The predicted octanol–water partition coefficient (Wildman–Crippen LogP) is 3.47. The lowest BCUT2D eigenvalue weighted by molar-refractivity contribution is -0.286. The van der Waals surface area contributed by atoms with E-state index in [-0.39, 0.29) is 11.5 Å². The van der Waals surface area contributed by atoms with E-state index in [4.69, 9.17) is 0 Å². The van der Waals surface area contributed by atoms with Crippen molar-refractivity contribution in [3.05, 3.63) is 18.2 Å². The Kier molecular flexibility index (Phi) is 3.09. The molecule has 0 spiro atoms. The number of hydrogen-bond donors (Lipinski definition) is 1. The molecule has 0 radical (unpaired) electrons. The second kappa shape index (κ2) is 4.39. The van der Waals surface area contributed by atoms with Gasteiger partial charge in [0, 0.05) is 18.3 Å². The number of benzene rings is 1. The van der Waals surface area contributed by atoms with Crippen molar-refractivity contribution in [2.75, 3.05) is 11.9 Å². The minimum absolute atomic E-state index is 0.0732. The van der Waals surface area contributed by atoms with Crippen molar-refractivity contribution in [2.45, 2.75) is 26.6 Å². The number of fused-ring (bicyclic) bond motifs is 1. The van der Waals surface area contributed by atoms with Crippen LogP contribution in [0.1, 0.15) is 20.3 Å². The Labute approximate surface area is 98.7 Å². The van der Waals surface area contributed by atoms with E-state index in [0.717, 1.165) is 18.7 Å². The molecule has 94 valence electrons. The molecule has 17 heavy (non-hydrogen) atoms. The Morgan fingerprint density at radius 1 is 1.29 bits per heavy atom. The molecule has 0 aromatic heterocycles. The average molecular weight is 243 g/mol. The predicted molar refractivity (Wildman–Crippen MR) is 60.6 cm³/mol. The Balaban J connectivity index is 2.04. The highest BCUT2D eigenvalue weighted by atomic mass is 19.3. The third-order valence-corrected chi connectivity index (χ3v) is 2.75. The van der Waals surface area contributed by atoms with E-state index in [0.29, 0.717) is 5.92 Å². The van der Waals surface area contributed by atoms with Crippen molar-refractivity contribution in [1.82, 2.24) is 0 Å². The highest BCUT2D eigenvalue weighted by Crippen LogP contribution is 2.42. The summed E-state index contributed by atoms with van der Waals surface area (Å²) < 4.78 is 34.2. The average Bonchev–Trinajstić information content (AvgIpc) is 2.58. The molecule has 3 nitrogen and oxygen atoms in total. The van der Waals surface area contributed by atoms with Crippen molar-refractivity contribution >= 4 is 5.69 Å². The zero-order valence-electron chi connectivity index (χ0n) is 9.80. The van der Waals surface area contributed by atoms with Gasteiger partial charge >= 0.3 is 6.29 Å². The van der Waals surface area contributed by atoms with E-state index in [2.05, 4.69) is 28.6 Å². The second-order valence-corrected chi connectivity index (χ2v) is 4.22. The summed E-state index contributed by atoms with van der Waals surface area (Å²) in [6.45, 7) is 5.02. The van der Waals surface area contributed by atoms with Gasteiger partial charge < -0.3 is 14.8 Å². The molecule has 1 unspecified atom stereocenters. The number of nitrogens with one attached hydrogen (secondary N) is 1. The molecule has 1 atom stereocenters. The standard InChI is InChI=1S/C12H15F2NO2/c1-3-8(2)7-15-9-4-5-10-11(6-9)17-12(13,14)16-10/h4-6,8,15H,3,7H2,1-2H3. The zero-order chi connectivity index (χ0) is 12.5. The first-order valence-corrected chi connectivity index (χ1v) is 5.64. The van der Waals surface area contributed by atoms with Gasteiger partial charge in [-0.1, -0.05) is 20.3 Å². The fourth-order valence-electron chi connectivity index (χ4n) is 1.50. The lowest BCUT2D eigenvalue weighted by Crippen LogP contribution is -2.25. The molecule has 5 heteroatoms. The number of ether oxygens (including phenoxy) is 2. The van der Waals surface area contributed by atoms with E-state index >= 15 is 0 Å². The maximum absolute atomic E-state index is 12.8. The second-order valence-electron chi connectivity index (χ2n) is 4.22. The summed E-state index contributed by atoms with van der Waals surface area (Å²) in [5.41, 5.74) is 0.755. The van der Waals surface area contributed by atoms with Crippen LogP contribution in [-0.2, 0) is 0 Å².